The van der Waals surface area contributed by atoms with Crippen molar-refractivity contribution in [1.29, 1.82) is 0 Å². The smallest absolute Gasteiger partial charge is 0.279 e. The highest BCUT2D eigenvalue weighted by atomic mass is 32.2. The van der Waals surface area contributed by atoms with Crippen molar-refractivity contribution in [2.45, 2.75) is 47.0 Å². The molecule has 1 heterocycles. The lowest BCUT2D eigenvalue weighted by Gasteiger charge is -2.24. The van der Waals surface area contributed by atoms with Crippen LogP contribution >= 0.6 is 0 Å². The van der Waals surface area contributed by atoms with Crippen LogP contribution in [0.1, 0.15) is 46.2 Å². The average molecular weight is 408 g/mol. The summed E-state index contributed by atoms with van der Waals surface area (Å²) < 4.78 is 35.3. The predicted octanol–water partition coefficient (Wildman–Crippen LogP) is 4.11. The molecule has 6 nitrogen and oxygen atoms in total. The third-order valence-electron chi connectivity index (χ3n) is 4.49. The molecule has 0 aliphatic carbocycles. The molecule has 1 aromatic heterocycles. The van der Waals surface area contributed by atoms with Crippen LogP contribution in [0.3, 0.4) is 0 Å². The molecule has 0 aliphatic heterocycles. The third kappa shape index (κ3) is 7.37. The summed E-state index contributed by atoms with van der Waals surface area (Å²) in [5, 5.41) is 0. The van der Waals surface area contributed by atoms with E-state index in [0.717, 1.165) is 24.1 Å². The largest absolute Gasteiger partial charge is 0.444 e. The van der Waals surface area contributed by atoms with E-state index in [-0.39, 0.29) is 0 Å². The van der Waals surface area contributed by atoms with Crippen LogP contribution in [0.2, 0.25) is 0 Å². The minimum Gasteiger partial charge on any atom is -0.444 e. The highest BCUT2D eigenvalue weighted by molar-refractivity contribution is 7.87. The van der Waals surface area contributed by atoms with Crippen LogP contribution in [0.4, 0.5) is 0 Å². The Kier molecular flexibility index (Phi) is 8.66. The van der Waals surface area contributed by atoms with E-state index in [1.807, 2.05) is 30.3 Å². The summed E-state index contributed by atoms with van der Waals surface area (Å²) in [6.07, 6.45) is 3.77. The Morgan fingerprint density at radius 2 is 1.64 bits per heavy atom. The van der Waals surface area contributed by atoms with Gasteiger partial charge in [0.25, 0.3) is 10.2 Å². The fourth-order valence-corrected chi connectivity index (χ4v) is 3.93. The summed E-state index contributed by atoms with van der Waals surface area (Å²) in [7, 11) is -3.50. The van der Waals surface area contributed by atoms with E-state index >= 15 is 0 Å². The first-order valence-electron chi connectivity index (χ1n) is 10.0. The fraction of sp³-hybridized carbons (Fsp3) is 0.571. The van der Waals surface area contributed by atoms with Gasteiger partial charge in [0.05, 0.1) is 5.69 Å². The highest BCUT2D eigenvalue weighted by Gasteiger charge is 2.21. The molecule has 0 bridgehead atoms. The highest BCUT2D eigenvalue weighted by Crippen LogP contribution is 2.18. The van der Waals surface area contributed by atoms with Crippen molar-refractivity contribution in [1.82, 2.24) is 14.0 Å². The molecule has 28 heavy (non-hydrogen) atoms. The molecule has 1 N–H and O–H groups in total. The molecular formula is C21H33N3O3S. The van der Waals surface area contributed by atoms with Crippen LogP contribution in [0.5, 0.6) is 0 Å². The Hall–Kier alpha value is -1.70. The molecule has 0 aliphatic rings. The van der Waals surface area contributed by atoms with Gasteiger partial charge in [0, 0.05) is 31.6 Å². The predicted molar refractivity (Wildman–Crippen MR) is 113 cm³/mol. The van der Waals surface area contributed by atoms with E-state index < -0.39 is 10.2 Å². The number of rotatable bonds is 12. The van der Waals surface area contributed by atoms with Crippen LogP contribution in [-0.2, 0) is 16.6 Å². The number of hydrogen-bond donors (Lipinski definition) is 1. The van der Waals surface area contributed by atoms with Gasteiger partial charge in [-0.3, -0.25) is 0 Å². The molecule has 0 atom stereocenters. The summed E-state index contributed by atoms with van der Waals surface area (Å²) in [5.41, 5.74) is 1.64. The number of benzene rings is 1. The van der Waals surface area contributed by atoms with Crippen LogP contribution in [0.25, 0.3) is 11.5 Å². The summed E-state index contributed by atoms with van der Waals surface area (Å²) in [6, 6.07) is 9.65. The van der Waals surface area contributed by atoms with Crippen molar-refractivity contribution in [2.24, 2.45) is 11.8 Å². The Bertz CT molecular complexity index is 789. The van der Waals surface area contributed by atoms with E-state index in [2.05, 4.69) is 37.4 Å². The first kappa shape index (κ1) is 22.6. The van der Waals surface area contributed by atoms with Crippen molar-refractivity contribution in [3.8, 4) is 11.5 Å². The molecule has 0 unspecified atom stereocenters. The molecule has 0 amide bonds. The van der Waals surface area contributed by atoms with Gasteiger partial charge in [-0.25, -0.2) is 9.71 Å². The Balaban J connectivity index is 1.92. The molecule has 0 radical (unpaired) electrons. The van der Waals surface area contributed by atoms with E-state index in [0.29, 0.717) is 43.8 Å². The van der Waals surface area contributed by atoms with Crippen molar-refractivity contribution >= 4 is 10.2 Å². The summed E-state index contributed by atoms with van der Waals surface area (Å²) in [4.78, 5) is 4.45. The van der Waals surface area contributed by atoms with Gasteiger partial charge in [0.2, 0.25) is 5.89 Å². The Morgan fingerprint density at radius 3 is 2.21 bits per heavy atom. The van der Waals surface area contributed by atoms with Crippen LogP contribution in [0.15, 0.2) is 41.0 Å². The molecule has 156 valence electrons. The molecule has 1 aromatic carbocycles. The van der Waals surface area contributed by atoms with Crippen molar-refractivity contribution in [2.75, 3.05) is 19.6 Å². The van der Waals surface area contributed by atoms with Gasteiger partial charge in [-0.1, -0.05) is 45.9 Å². The van der Waals surface area contributed by atoms with Crippen LogP contribution in [-0.4, -0.2) is 37.3 Å². The van der Waals surface area contributed by atoms with Gasteiger partial charge in [-0.2, -0.15) is 12.7 Å². The Morgan fingerprint density at radius 1 is 1.04 bits per heavy atom. The van der Waals surface area contributed by atoms with Crippen molar-refractivity contribution in [3.05, 3.63) is 42.3 Å². The molecule has 0 saturated heterocycles. The zero-order valence-electron chi connectivity index (χ0n) is 17.4. The lowest BCUT2D eigenvalue weighted by atomic mass is 10.1. The number of nitrogens with one attached hydrogen (secondary N) is 1. The maximum Gasteiger partial charge on any atom is 0.279 e. The van der Waals surface area contributed by atoms with E-state index in [1.165, 1.54) is 0 Å². The summed E-state index contributed by atoms with van der Waals surface area (Å²) in [5.74, 6) is 1.47. The molecule has 0 fully saturated rings. The van der Waals surface area contributed by atoms with Gasteiger partial charge in [-0.15, -0.1) is 0 Å². The quantitative estimate of drug-likeness (QED) is 0.574. The third-order valence-corrected chi connectivity index (χ3v) is 6.10. The van der Waals surface area contributed by atoms with Crippen LogP contribution < -0.4 is 4.72 Å². The molecule has 0 saturated carbocycles. The minimum atomic E-state index is -3.50. The second-order valence-corrected chi connectivity index (χ2v) is 9.68. The first-order valence-corrected chi connectivity index (χ1v) is 11.5. The van der Waals surface area contributed by atoms with Crippen molar-refractivity contribution in [3.63, 3.8) is 0 Å². The van der Waals surface area contributed by atoms with E-state index in [4.69, 9.17) is 4.42 Å². The van der Waals surface area contributed by atoms with Gasteiger partial charge >= 0.3 is 0 Å². The number of oxazole rings is 1. The Labute approximate surface area is 169 Å². The normalized spacial score (nSPS) is 12.4. The SMILES string of the molecule is CC(C)CCN(CCC(C)C)S(=O)(=O)NCCc1coc(-c2ccccc2)n1. The average Bonchev–Trinajstić information content (AvgIpc) is 3.10. The van der Waals surface area contributed by atoms with Gasteiger partial charge in [0.1, 0.15) is 6.26 Å². The number of aromatic nitrogens is 1. The van der Waals surface area contributed by atoms with Gasteiger partial charge in [0.15, 0.2) is 0 Å². The minimum absolute atomic E-state index is 0.295. The molecule has 2 aromatic rings. The molecule has 0 spiro atoms. The number of nitrogens with zero attached hydrogens (tertiary/aromatic N) is 2. The lowest BCUT2D eigenvalue weighted by Crippen LogP contribution is -2.43. The fourth-order valence-electron chi connectivity index (χ4n) is 2.69. The van der Waals surface area contributed by atoms with E-state index in [1.54, 1.807) is 10.6 Å². The maximum absolute atomic E-state index is 12.7. The summed E-state index contributed by atoms with van der Waals surface area (Å²) in [6.45, 7) is 9.81. The van der Waals surface area contributed by atoms with Gasteiger partial charge < -0.3 is 4.42 Å². The monoisotopic (exact) mass is 407 g/mol. The second-order valence-electron chi connectivity index (χ2n) is 7.92. The molecule has 2 rings (SSSR count). The molecular weight excluding hydrogens is 374 g/mol. The summed E-state index contributed by atoms with van der Waals surface area (Å²) >= 11 is 0. The maximum atomic E-state index is 12.7. The zero-order valence-corrected chi connectivity index (χ0v) is 18.2. The van der Waals surface area contributed by atoms with Crippen molar-refractivity contribution < 1.29 is 12.8 Å². The molecule has 7 heteroatoms. The standard InChI is InChI=1S/C21H33N3O3S/c1-17(2)11-14-24(15-12-18(3)4)28(25,26)22-13-10-20-16-27-21(23-20)19-8-6-5-7-9-19/h5-9,16-18,22H,10-15H2,1-4H3. The van der Waals surface area contributed by atoms with Crippen LogP contribution in [0, 0.1) is 11.8 Å². The lowest BCUT2D eigenvalue weighted by molar-refractivity contribution is 0.352. The topological polar surface area (TPSA) is 75.4 Å². The van der Waals surface area contributed by atoms with Gasteiger partial charge in [-0.05, 0) is 36.8 Å². The zero-order chi connectivity index (χ0) is 20.6. The second kappa shape index (κ2) is 10.7. The first-order chi connectivity index (χ1) is 13.3. The number of hydrogen-bond acceptors (Lipinski definition) is 4. The van der Waals surface area contributed by atoms with E-state index in [9.17, 15) is 8.42 Å².